The van der Waals surface area contributed by atoms with Gasteiger partial charge in [-0.15, -0.1) is 11.3 Å². The van der Waals surface area contributed by atoms with E-state index in [0.29, 0.717) is 19.4 Å². The Morgan fingerprint density at radius 3 is 2.67 bits per heavy atom. The molecule has 2 atom stereocenters. The van der Waals surface area contributed by atoms with Gasteiger partial charge in [-0.3, -0.25) is 9.69 Å². The molecule has 2 saturated heterocycles. The zero-order chi connectivity index (χ0) is 21.1. The number of allylic oxidation sites excluding steroid dienone is 2. The minimum Gasteiger partial charge on any atom is -0.323 e. The zero-order valence-electron chi connectivity index (χ0n) is 18.2. The summed E-state index contributed by atoms with van der Waals surface area (Å²) in [5.74, 6) is 0.967. The number of likely N-dealkylation sites (tertiary alicyclic amines) is 1. The summed E-state index contributed by atoms with van der Waals surface area (Å²) in [7, 11) is 0. The summed E-state index contributed by atoms with van der Waals surface area (Å²) in [6.07, 6.45) is 11.6. The predicted octanol–water partition coefficient (Wildman–Crippen LogP) is 3.76. The molecule has 0 bridgehead atoms. The second kappa shape index (κ2) is 9.18. The van der Waals surface area contributed by atoms with Crippen molar-refractivity contribution in [2.45, 2.75) is 64.3 Å². The molecule has 3 aliphatic rings. The van der Waals surface area contributed by atoms with Crippen LogP contribution in [0.3, 0.4) is 0 Å². The summed E-state index contributed by atoms with van der Waals surface area (Å²) < 4.78 is 0. The van der Waals surface area contributed by atoms with Gasteiger partial charge in [-0.2, -0.15) is 0 Å². The molecular weight excluding hydrogens is 396 g/mol. The Labute approximate surface area is 183 Å². The molecule has 2 fully saturated rings. The number of nitrogens with one attached hydrogen (secondary N) is 1. The first kappa shape index (κ1) is 21.5. The maximum atomic E-state index is 13.4. The van der Waals surface area contributed by atoms with Gasteiger partial charge in [0.2, 0.25) is 0 Å². The van der Waals surface area contributed by atoms with Crippen LogP contribution in [0, 0.1) is 18.8 Å². The van der Waals surface area contributed by atoms with Gasteiger partial charge >= 0.3 is 6.03 Å². The molecule has 3 amide bonds. The standard InChI is InChI=1S/C23H34N4O2S/c1-3-23(19-9-12-26(13-10-19)15-18-7-5-4-6-8-18)21(28)27(22(29)25-23)14-11-20-17(2)24-16-30-20/h4-5,16,18-19H,3,6-15H2,1-2H3,(H,25,29). The summed E-state index contributed by atoms with van der Waals surface area (Å²) in [5.41, 5.74) is 2.10. The fraction of sp³-hybridized carbons (Fsp3) is 0.696. The van der Waals surface area contributed by atoms with Gasteiger partial charge in [0.1, 0.15) is 5.54 Å². The van der Waals surface area contributed by atoms with Gasteiger partial charge in [-0.05, 0) is 70.4 Å². The molecule has 2 unspecified atom stereocenters. The monoisotopic (exact) mass is 430 g/mol. The third kappa shape index (κ3) is 4.19. The average Bonchev–Trinajstić information content (AvgIpc) is 3.28. The van der Waals surface area contributed by atoms with Crippen molar-refractivity contribution in [1.82, 2.24) is 20.1 Å². The van der Waals surface area contributed by atoms with Crippen molar-refractivity contribution < 1.29 is 9.59 Å². The van der Waals surface area contributed by atoms with Gasteiger partial charge in [-0.1, -0.05) is 19.1 Å². The Kier molecular flexibility index (Phi) is 6.58. The number of thiazole rings is 1. The Hall–Kier alpha value is -1.73. The van der Waals surface area contributed by atoms with Gasteiger partial charge in [-0.25, -0.2) is 9.78 Å². The topological polar surface area (TPSA) is 65.5 Å². The van der Waals surface area contributed by atoms with Crippen LogP contribution in [0.5, 0.6) is 0 Å². The molecule has 1 aromatic heterocycles. The number of rotatable bonds is 7. The normalized spacial score (nSPS) is 28.3. The number of hydrogen-bond acceptors (Lipinski definition) is 5. The number of carbonyl (C=O) groups is 2. The number of nitrogens with zero attached hydrogens (tertiary/aromatic N) is 3. The van der Waals surface area contributed by atoms with E-state index in [1.807, 2.05) is 19.4 Å². The molecule has 0 aromatic carbocycles. The first-order chi connectivity index (χ1) is 14.5. The number of hydrogen-bond donors (Lipinski definition) is 1. The van der Waals surface area contributed by atoms with E-state index < -0.39 is 5.54 Å². The molecule has 6 nitrogen and oxygen atoms in total. The van der Waals surface area contributed by atoms with E-state index in [9.17, 15) is 9.59 Å². The molecule has 0 spiro atoms. The Bertz CT molecular complexity index is 799. The lowest BCUT2D eigenvalue weighted by molar-refractivity contribution is -0.134. The highest BCUT2D eigenvalue weighted by Gasteiger charge is 2.54. The number of urea groups is 1. The third-order valence-corrected chi connectivity index (χ3v) is 8.34. The van der Waals surface area contributed by atoms with Crippen molar-refractivity contribution in [2.75, 3.05) is 26.2 Å². The van der Waals surface area contributed by atoms with Gasteiger partial charge < -0.3 is 10.2 Å². The average molecular weight is 431 g/mol. The highest BCUT2D eigenvalue weighted by molar-refractivity contribution is 7.09. The van der Waals surface area contributed by atoms with Crippen LogP contribution >= 0.6 is 11.3 Å². The molecule has 7 heteroatoms. The van der Waals surface area contributed by atoms with Crippen molar-refractivity contribution in [3.8, 4) is 0 Å². The minimum atomic E-state index is -0.723. The first-order valence-corrected chi connectivity index (χ1v) is 12.3. The predicted molar refractivity (Wildman–Crippen MR) is 119 cm³/mol. The molecule has 1 aromatic rings. The van der Waals surface area contributed by atoms with Gasteiger partial charge in [0.05, 0.1) is 11.2 Å². The molecule has 4 rings (SSSR count). The van der Waals surface area contributed by atoms with Crippen molar-refractivity contribution in [3.63, 3.8) is 0 Å². The fourth-order valence-corrected chi connectivity index (χ4v) is 6.20. The van der Waals surface area contributed by atoms with Crippen LogP contribution in [-0.2, 0) is 11.2 Å². The summed E-state index contributed by atoms with van der Waals surface area (Å²) in [5, 5.41) is 3.13. The number of amides is 3. The molecule has 1 N–H and O–H groups in total. The molecule has 1 aliphatic carbocycles. The van der Waals surface area contributed by atoms with E-state index in [2.05, 4.69) is 27.4 Å². The van der Waals surface area contributed by atoms with E-state index in [-0.39, 0.29) is 17.9 Å². The van der Waals surface area contributed by atoms with Crippen LogP contribution in [-0.4, -0.2) is 58.4 Å². The summed E-state index contributed by atoms with van der Waals surface area (Å²) in [6.45, 7) is 7.66. The molecule has 2 aliphatic heterocycles. The van der Waals surface area contributed by atoms with Crippen LogP contribution in [0.25, 0.3) is 0 Å². The van der Waals surface area contributed by atoms with E-state index in [1.165, 1.54) is 24.2 Å². The van der Waals surface area contributed by atoms with E-state index >= 15 is 0 Å². The van der Waals surface area contributed by atoms with Crippen molar-refractivity contribution in [1.29, 1.82) is 0 Å². The van der Waals surface area contributed by atoms with Crippen LogP contribution in [0.4, 0.5) is 4.79 Å². The number of carbonyl (C=O) groups excluding carboxylic acids is 2. The number of imide groups is 1. The lowest BCUT2D eigenvalue weighted by Gasteiger charge is -2.41. The number of aromatic nitrogens is 1. The maximum Gasteiger partial charge on any atom is 0.325 e. The van der Waals surface area contributed by atoms with Crippen LogP contribution in [0.2, 0.25) is 0 Å². The third-order valence-electron chi connectivity index (χ3n) is 7.35. The lowest BCUT2D eigenvalue weighted by atomic mass is 9.75. The highest BCUT2D eigenvalue weighted by atomic mass is 32.1. The van der Waals surface area contributed by atoms with Crippen LogP contribution in [0.15, 0.2) is 17.7 Å². The quantitative estimate of drug-likeness (QED) is 0.528. The number of aryl methyl sites for hydroxylation is 1. The van der Waals surface area contributed by atoms with Crippen molar-refractivity contribution >= 4 is 23.3 Å². The molecule has 164 valence electrons. The fourth-order valence-electron chi connectivity index (χ4n) is 5.43. The smallest absolute Gasteiger partial charge is 0.323 e. The maximum absolute atomic E-state index is 13.4. The summed E-state index contributed by atoms with van der Waals surface area (Å²) >= 11 is 1.59. The SMILES string of the molecule is CCC1(C2CCN(CC3CC=CCC3)CC2)NC(=O)N(CCc2scnc2C)C1=O. The largest absolute Gasteiger partial charge is 0.325 e. The van der Waals surface area contributed by atoms with Crippen molar-refractivity contribution in [2.24, 2.45) is 11.8 Å². The molecule has 0 saturated carbocycles. The van der Waals surface area contributed by atoms with Gasteiger partial charge in [0.25, 0.3) is 5.91 Å². The zero-order valence-corrected chi connectivity index (χ0v) is 19.0. The highest BCUT2D eigenvalue weighted by Crippen LogP contribution is 2.36. The lowest BCUT2D eigenvalue weighted by Crippen LogP contribution is -2.56. The second-order valence-electron chi connectivity index (χ2n) is 9.05. The molecule has 0 radical (unpaired) electrons. The number of piperidine rings is 1. The molecular formula is C23H34N4O2S. The van der Waals surface area contributed by atoms with Crippen molar-refractivity contribution in [3.05, 3.63) is 28.2 Å². The molecule has 3 heterocycles. The summed E-state index contributed by atoms with van der Waals surface area (Å²) in [4.78, 5) is 35.6. The minimum absolute atomic E-state index is 0.0203. The Balaban J connectivity index is 1.36. The van der Waals surface area contributed by atoms with Gasteiger partial charge in [0, 0.05) is 24.4 Å². The van der Waals surface area contributed by atoms with E-state index in [1.54, 1.807) is 11.3 Å². The van der Waals surface area contributed by atoms with E-state index in [0.717, 1.165) is 49.0 Å². The first-order valence-electron chi connectivity index (χ1n) is 11.4. The second-order valence-corrected chi connectivity index (χ2v) is 9.99. The van der Waals surface area contributed by atoms with E-state index in [4.69, 9.17) is 0 Å². The molecule has 30 heavy (non-hydrogen) atoms. The Morgan fingerprint density at radius 2 is 2.03 bits per heavy atom. The van der Waals surface area contributed by atoms with Crippen LogP contribution < -0.4 is 5.32 Å². The van der Waals surface area contributed by atoms with Gasteiger partial charge in [0.15, 0.2) is 0 Å². The van der Waals surface area contributed by atoms with Crippen LogP contribution in [0.1, 0.15) is 56.0 Å². The Morgan fingerprint density at radius 1 is 1.23 bits per heavy atom. The summed E-state index contributed by atoms with van der Waals surface area (Å²) in [6, 6.07) is -0.222.